The number of nitrogens with two attached hydrogens (primary N) is 1. The van der Waals surface area contributed by atoms with E-state index in [0.717, 1.165) is 36.4 Å². The monoisotopic (exact) mass is 315 g/mol. The quantitative estimate of drug-likeness (QED) is 0.924. The van der Waals surface area contributed by atoms with E-state index in [0.29, 0.717) is 12.6 Å². The third-order valence-corrected chi connectivity index (χ3v) is 4.47. The molecule has 1 aliphatic heterocycles. The summed E-state index contributed by atoms with van der Waals surface area (Å²) >= 11 is 3.53. The maximum atomic E-state index is 5.94. The van der Waals surface area contributed by atoms with Gasteiger partial charge in [-0.15, -0.1) is 0 Å². The molecule has 0 spiro atoms. The Hall–Kier alpha value is -0.360. The molecule has 2 atom stereocenters. The predicted octanol–water partition coefficient (Wildman–Crippen LogP) is 2.07. The van der Waals surface area contributed by atoms with Gasteiger partial charge < -0.3 is 10.2 Å². The topological polar surface area (TPSA) is 45.6 Å². The second-order valence-electron chi connectivity index (χ2n) is 4.86. The zero-order valence-electron chi connectivity index (χ0n) is 11.1. The molecule has 0 saturated carbocycles. The largest absolute Gasteiger partial charge is 0.466 e. The first-order valence-electron chi connectivity index (χ1n) is 6.58. The van der Waals surface area contributed by atoms with Crippen molar-refractivity contribution < 1.29 is 4.42 Å². The minimum Gasteiger partial charge on any atom is -0.466 e. The van der Waals surface area contributed by atoms with E-state index in [2.05, 4.69) is 39.6 Å². The van der Waals surface area contributed by atoms with Gasteiger partial charge in [-0.25, -0.2) is 0 Å². The van der Waals surface area contributed by atoms with Crippen LogP contribution in [0.1, 0.15) is 25.6 Å². The van der Waals surface area contributed by atoms with Crippen molar-refractivity contribution >= 4 is 15.9 Å². The van der Waals surface area contributed by atoms with E-state index in [4.69, 9.17) is 10.2 Å². The molecule has 1 aromatic heterocycles. The lowest BCUT2D eigenvalue weighted by atomic mass is 10.1. The van der Waals surface area contributed by atoms with E-state index in [1.807, 2.05) is 6.07 Å². The minimum absolute atomic E-state index is 0.177. The van der Waals surface area contributed by atoms with Gasteiger partial charge in [0.15, 0.2) is 0 Å². The maximum absolute atomic E-state index is 5.94. The maximum Gasteiger partial charge on any atom is 0.136 e. The molecule has 1 saturated heterocycles. The van der Waals surface area contributed by atoms with Crippen molar-refractivity contribution in [2.45, 2.75) is 25.9 Å². The van der Waals surface area contributed by atoms with Crippen LogP contribution in [-0.4, -0.2) is 48.6 Å². The fraction of sp³-hybridized carbons (Fsp3) is 0.692. The summed E-state index contributed by atoms with van der Waals surface area (Å²) in [5.74, 6) is 0.953. The van der Waals surface area contributed by atoms with Crippen molar-refractivity contribution in [3.8, 4) is 0 Å². The summed E-state index contributed by atoms with van der Waals surface area (Å²) in [7, 11) is 0. The van der Waals surface area contributed by atoms with Crippen molar-refractivity contribution in [3.05, 3.63) is 22.6 Å². The molecule has 0 bridgehead atoms. The summed E-state index contributed by atoms with van der Waals surface area (Å²) in [6, 6.07) is 2.69. The molecule has 0 aromatic carbocycles. The Kier molecular flexibility index (Phi) is 4.84. The molecular formula is C13H22BrN3O. The molecule has 2 N–H and O–H groups in total. The van der Waals surface area contributed by atoms with E-state index in [9.17, 15) is 0 Å². The number of nitrogens with zero attached hydrogens (tertiary/aromatic N) is 2. The van der Waals surface area contributed by atoms with Gasteiger partial charge in [-0.05, 0) is 35.5 Å². The van der Waals surface area contributed by atoms with Crippen LogP contribution < -0.4 is 5.73 Å². The van der Waals surface area contributed by atoms with Gasteiger partial charge in [-0.3, -0.25) is 9.80 Å². The molecule has 0 amide bonds. The summed E-state index contributed by atoms with van der Waals surface area (Å²) < 4.78 is 6.59. The van der Waals surface area contributed by atoms with Gasteiger partial charge in [0.1, 0.15) is 5.76 Å². The normalized spacial score (nSPS) is 24.3. The van der Waals surface area contributed by atoms with Gasteiger partial charge >= 0.3 is 0 Å². The SMILES string of the molecule is CCN1CCN(C(CN)c2occc2Br)CC1C. The number of rotatable bonds is 4. The van der Waals surface area contributed by atoms with Crippen LogP contribution in [0.15, 0.2) is 21.2 Å². The smallest absolute Gasteiger partial charge is 0.136 e. The highest BCUT2D eigenvalue weighted by Gasteiger charge is 2.30. The molecule has 18 heavy (non-hydrogen) atoms. The van der Waals surface area contributed by atoms with Crippen LogP contribution in [-0.2, 0) is 0 Å². The summed E-state index contributed by atoms with van der Waals surface area (Å²) in [6.45, 7) is 9.40. The Balaban J connectivity index is 2.08. The molecule has 2 rings (SSSR count). The zero-order valence-corrected chi connectivity index (χ0v) is 12.7. The van der Waals surface area contributed by atoms with E-state index in [-0.39, 0.29) is 6.04 Å². The van der Waals surface area contributed by atoms with Gasteiger partial charge in [0.05, 0.1) is 16.8 Å². The first-order chi connectivity index (χ1) is 8.67. The average molecular weight is 316 g/mol. The number of hydrogen-bond donors (Lipinski definition) is 1. The van der Waals surface area contributed by atoms with E-state index in [1.165, 1.54) is 0 Å². The van der Waals surface area contributed by atoms with E-state index < -0.39 is 0 Å². The summed E-state index contributed by atoms with van der Waals surface area (Å²) in [6.07, 6.45) is 1.72. The molecular weight excluding hydrogens is 294 g/mol. The molecule has 1 aromatic rings. The molecule has 102 valence electrons. The van der Waals surface area contributed by atoms with Gasteiger partial charge in [0.2, 0.25) is 0 Å². The summed E-state index contributed by atoms with van der Waals surface area (Å²) in [5.41, 5.74) is 5.94. The van der Waals surface area contributed by atoms with Crippen LogP contribution in [0.25, 0.3) is 0 Å². The molecule has 2 heterocycles. The lowest BCUT2D eigenvalue weighted by Crippen LogP contribution is -2.53. The van der Waals surface area contributed by atoms with Crippen molar-refractivity contribution in [2.75, 3.05) is 32.7 Å². The van der Waals surface area contributed by atoms with Gasteiger partial charge in [-0.2, -0.15) is 0 Å². The highest BCUT2D eigenvalue weighted by Crippen LogP contribution is 2.29. The number of halogens is 1. The molecule has 2 unspecified atom stereocenters. The third kappa shape index (κ3) is 2.79. The zero-order chi connectivity index (χ0) is 13.1. The lowest BCUT2D eigenvalue weighted by Gasteiger charge is -2.42. The van der Waals surface area contributed by atoms with Crippen LogP contribution in [0.4, 0.5) is 0 Å². The van der Waals surface area contributed by atoms with Crippen molar-refractivity contribution in [1.82, 2.24) is 9.80 Å². The van der Waals surface area contributed by atoms with Crippen LogP contribution in [0, 0.1) is 0 Å². The number of furan rings is 1. The molecule has 4 nitrogen and oxygen atoms in total. The number of hydrogen-bond acceptors (Lipinski definition) is 4. The highest BCUT2D eigenvalue weighted by molar-refractivity contribution is 9.10. The number of likely N-dealkylation sites (N-methyl/N-ethyl adjacent to an activating group) is 1. The average Bonchev–Trinajstić information content (AvgIpc) is 2.77. The lowest BCUT2D eigenvalue weighted by molar-refractivity contribution is 0.0538. The molecule has 0 radical (unpaired) electrons. The first-order valence-corrected chi connectivity index (χ1v) is 7.37. The molecule has 0 aliphatic carbocycles. The fourth-order valence-corrected chi connectivity index (χ4v) is 3.21. The first kappa shape index (κ1) is 14.1. The van der Waals surface area contributed by atoms with Gasteiger partial charge in [-0.1, -0.05) is 6.92 Å². The second-order valence-corrected chi connectivity index (χ2v) is 5.71. The Labute approximate surface area is 117 Å². The van der Waals surface area contributed by atoms with Gasteiger partial charge in [0.25, 0.3) is 0 Å². The second kappa shape index (κ2) is 6.19. The van der Waals surface area contributed by atoms with Crippen LogP contribution >= 0.6 is 15.9 Å². The fourth-order valence-electron chi connectivity index (χ4n) is 2.74. The summed E-state index contributed by atoms with van der Waals surface area (Å²) in [4.78, 5) is 4.93. The minimum atomic E-state index is 0.177. The molecule has 5 heteroatoms. The standard InChI is InChI=1S/C13H22BrN3O/c1-3-16-5-6-17(9-10(16)2)12(8-15)13-11(14)4-7-18-13/h4,7,10,12H,3,5-6,8-9,15H2,1-2H3. The molecule has 1 aliphatic rings. The van der Waals surface area contributed by atoms with Crippen LogP contribution in [0.5, 0.6) is 0 Å². The van der Waals surface area contributed by atoms with Crippen molar-refractivity contribution in [3.63, 3.8) is 0 Å². The van der Waals surface area contributed by atoms with Crippen molar-refractivity contribution in [1.29, 1.82) is 0 Å². The van der Waals surface area contributed by atoms with E-state index >= 15 is 0 Å². The van der Waals surface area contributed by atoms with Gasteiger partial charge in [0, 0.05) is 32.2 Å². The number of piperazine rings is 1. The van der Waals surface area contributed by atoms with Crippen molar-refractivity contribution in [2.24, 2.45) is 5.73 Å². The Morgan fingerprint density at radius 2 is 2.33 bits per heavy atom. The highest BCUT2D eigenvalue weighted by atomic mass is 79.9. The van der Waals surface area contributed by atoms with Crippen LogP contribution in [0.3, 0.4) is 0 Å². The van der Waals surface area contributed by atoms with Crippen LogP contribution in [0.2, 0.25) is 0 Å². The molecule has 1 fully saturated rings. The van der Waals surface area contributed by atoms with E-state index in [1.54, 1.807) is 6.26 Å². The predicted molar refractivity (Wildman–Crippen MR) is 76.5 cm³/mol. The Morgan fingerprint density at radius 1 is 1.56 bits per heavy atom. The Morgan fingerprint density at radius 3 is 2.83 bits per heavy atom. The third-order valence-electron chi connectivity index (χ3n) is 3.81. The summed E-state index contributed by atoms with van der Waals surface area (Å²) in [5, 5.41) is 0. The Bertz CT molecular complexity index is 382.